The van der Waals surface area contributed by atoms with Crippen molar-refractivity contribution in [2.45, 2.75) is 45.4 Å². The van der Waals surface area contributed by atoms with Crippen molar-refractivity contribution in [2.75, 3.05) is 0 Å². The zero-order valence-electron chi connectivity index (χ0n) is 11.3. The lowest BCUT2D eigenvalue weighted by molar-refractivity contribution is 0.108. The summed E-state index contributed by atoms with van der Waals surface area (Å²) in [5.74, 6) is -6.11. The van der Waals surface area contributed by atoms with E-state index in [4.69, 9.17) is 4.43 Å². The largest absolute Gasteiger partial charge is 0.403 e. The third-order valence-corrected chi connectivity index (χ3v) is 8.48. The van der Waals surface area contributed by atoms with Crippen molar-refractivity contribution in [3.8, 4) is 0 Å². The Morgan fingerprint density at radius 2 is 1.37 bits per heavy atom. The second kappa shape index (κ2) is 4.31. The normalized spacial score (nSPS) is 19.6. The van der Waals surface area contributed by atoms with Gasteiger partial charge in [-0.3, -0.25) is 0 Å². The standard InChI is InChI=1S/C13H16F4OSi/c1-5-19(6-2)12-7(13(3,4)18-19)8(14)9(15)10(16)11(12)17/h5-6H2,1-4H3. The number of hydrogen-bond donors (Lipinski definition) is 0. The van der Waals surface area contributed by atoms with Crippen LogP contribution in [0, 0.1) is 23.3 Å². The highest BCUT2D eigenvalue weighted by Gasteiger charge is 2.54. The third-order valence-electron chi connectivity index (χ3n) is 3.92. The zero-order chi connectivity index (χ0) is 14.6. The molecule has 0 atom stereocenters. The summed E-state index contributed by atoms with van der Waals surface area (Å²) in [6.07, 6.45) is 0. The fraction of sp³-hybridized carbons (Fsp3) is 0.538. The van der Waals surface area contributed by atoms with Gasteiger partial charge in [0.25, 0.3) is 0 Å². The molecule has 19 heavy (non-hydrogen) atoms. The number of benzene rings is 1. The highest BCUT2D eigenvalue weighted by Crippen LogP contribution is 2.42. The van der Waals surface area contributed by atoms with Gasteiger partial charge in [0.15, 0.2) is 23.3 Å². The summed E-state index contributed by atoms with van der Waals surface area (Å²) in [6, 6.07) is 0.975. The minimum Gasteiger partial charge on any atom is -0.403 e. The van der Waals surface area contributed by atoms with Gasteiger partial charge in [-0.15, -0.1) is 0 Å². The fourth-order valence-electron chi connectivity index (χ4n) is 2.96. The molecule has 0 radical (unpaired) electrons. The highest BCUT2D eigenvalue weighted by atomic mass is 28.4. The van der Waals surface area contributed by atoms with Crippen molar-refractivity contribution in [1.29, 1.82) is 0 Å². The molecule has 2 rings (SSSR count). The molecule has 0 amide bonds. The molecule has 0 spiro atoms. The maximum Gasteiger partial charge on any atom is 0.228 e. The van der Waals surface area contributed by atoms with Gasteiger partial charge in [-0.2, -0.15) is 0 Å². The zero-order valence-corrected chi connectivity index (χ0v) is 12.3. The van der Waals surface area contributed by atoms with Crippen LogP contribution in [0.4, 0.5) is 17.6 Å². The Hall–Kier alpha value is -0.883. The van der Waals surface area contributed by atoms with Crippen LogP contribution >= 0.6 is 0 Å². The molecule has 0 fully saturated rings. The van der Waals surface area contributed by atoms with Crippen LogP contribution in [-0.2, 0) is 10.0 Å². The molecular formula is C13H16F4OSi. The summed E-state index contributed by atoms with van der Waals surface area (Å²) < 4.78 is 61.0. The van der Waals surface area contributed by atoms with Gasteiger partial charge in [-0.05, 0) is 25.9 Å². The van der Waals surface area contributed by atoms with E-state index in [2.05, 4.69) is 0 Å². The first-order valence-electron chi connectivity index (χ1n) is 6.29. The molecular weight excluding hydrogens is 276 g/mol. The summed E-state index contributed by atoms with van der Waals surface area (Å²) in [6.45, 7) is 6.73. The summed E-state index contributed by atoms with van der Waals surface area (Å²) in [5, 5.41) is -0.0427. The van der Waals surface area contributed by atoms with E-state index in [1.54, 1.807) is 27.7 Å². The van der Waals surface area contributed by atoms with E-state index < -0.39 is 37.2 Å². The molecule has 0 unspecified atom stereocenters. The molecule has 1 aromatic rings. The lowest BCUT2D eigenvalue weighted by Gasteiger charge is -2.28. The predicted octanol–water partition coefficient (Wildman–Crippen LogP) is 3.70. The summed E-state index contributed by atoms with van der Waals surface area (Å²) in [4.78, 5) is 0. The third kappa shape index (κ3) is 1.76. The number of hydrogen-bond acceptors (Lipinski definition) is 1. The molecule has 6 heteroatoms. The first-order valence-corrected chi connectivity index (χ1v) is 8.61. The van der Waals surface area contributed by atoms with E-state index in [1.165, 1.54) is 0 Å². The van der Waals surface area contributed by atoms with Gasteiger partial charge in [-0.1, -0.05) is 13.8 Å². The van der Waals surface area contributed by atoms with E-state index in [1.807, 2.05) is 0 Å². The topological polar surface area (TPSA) is 9.23 Å². The van der Waals surface area contributed by atoms with E-state index in [0.717, 1.165) is 0 Å². The van der Waals surface area contributed by atoms with Crippen molar-refractivity contribution < 1.29 is 22.0 Å². The molecule has 0 bridgehead atoms. The first-order chi connectivity index (χ1) is 8.72. The molecule has 1 nitrogen and oxygen atoms in total. The van der Waals surface area contributed by atoms with Gasteiger partial charge in [0, 0.05) is 10.8 Å². The monoisotopic (exact) mass is 292 g/mol. The summed E-state index contributed by atoms with van der Waals surface area (Å²) in [7, 11) is -2.79. The van der Waals surface area contributed by atoms with Gasteiger partial charge in [0.2, 0.25) is 8.32 Å². The van der Waals surface area contributed by atoms with Crippen LogP contribution in [0.1, 0.15) is 33.3 Å². The van der Waals surface area contributed by atoms with Gasteiger partial charge >= 0.3 is 0 Å². The average Bonchev–Trinajstić information content (AvgIpc) is 2.62. The molecule has 1 aliphatic rings. The van der Waals surface area contributed by atoms with Gasteiger partial charge < -0.3 is 4.43 Å². The molecule has 0 aliphatic carbocycles. The maximum absolute atomic E-state index is 14.1. The minimum absolute atomic E-state index is 0.0427. The number of halogens is 4. The Bertz CT molecular complexity index is 538. The second-order valence-electron chi connectivity index (χ2n) is 5.32. The molecule has 0 saturated carbocycles. The van der Waals surface area contributed by atoms with Crippen molar-refractivity contribution in [3.05, 3.63) is 28.8 Å². The van der Waals surface area contributed by atoms with Crippen LogP contribution in [-0.4, -0.2) is 8.32 Å². The van der Waals surface area contributed by atoms with Gasteiger partial charge in [0.05, 0.1) is 5.60 Å². The van der Waals surface area contributed by atoms with Crippen LogP contribution in [0.3, 0.4) is 0 Å². The van der Waals surface area contributed by atoms with Crippen LogP contribution < -0.4 is 5.19 Å². The quantitative estimate of drug-likeness (QED) is 0.349. The molecule has 0 saturated heterocycles. The van der Waals surface area contributed by atoms with E-state index in [0.29, 0.717) is 12.1 Å². The van der Waals surface area contributed by atoms with Crippen LogP contribution in [0.15, 0.2) is 0 Å². The van der Waals surface area contributed by atoms with Crippen LogP contribution in [0.2, 0.25) is 12.1 Å². The Morgan fingerprint density at radius 1 is 0.895 bits per heavy atom. The summed E-state index contributed by atoms with van der Waals surface area (Å²) in [5.41, 5.74) is -1.29. The Morgan fingerprint density at radius 3 is 1.84 bits per heavy atom. The Balaban J connectivity index is 2.90. The smallest absolute Gasteiger partial charge is 0.228 e. The molecule has 1 aromatic carbocycles. The molecule has 1 heterocycles. The lowest BCUT2D eigenvalue weighted by Crippen LogP contribution is -2.48. The fourth-order valence-corrected chi connectivity index (χ4v) is 7.02. The van der Waals surface area contributed by atoms with Crippen molar-refractivity contribution in [1.82, 2.24) is 0 Å². The van der Waals surface area contributed by atoms with Gasteiger partial charge in [0.1, 0.15) is 0 Å². The SMILES string of the molecule is CC[Si]1(CC)OC(C)(C)c2c(F)c(F)c(F)c(F)c21. The van der Waals surface area contributed by atoms with Crippen LogP contribution in [0.5, 0.6) is 0 Å². The lowest BCUT2D eigenvalue weighted by atomic mass is 9.97. The first kappa shape index (κ1) is 14.5. The minimum atomic E-state index is -2.79. The average molecular weight is 292 g/mol. The van der Waals surface area contributed by atoms with Crippen LogP contribution in [0.25, 0.3) is 0 Å². The molecule has 106 valence electrons. The van der Waals surface area contributed by atoms with Gasteiger partial charge in [-0.25, -0.2) is 17.6 Å². The van der Waals surface area contributed by atoms with E-state index in [9.17, 15) is 17.6 Å². The number of fused-ring (bicyclic) bond motifs is 1. The van der Waals surface area contributed by atoms with Crippen molar-refractivity contribution >= 4 is 13.5 Å². The van der Waals surface area contributed by atoms with Crippen molar-refractivity contribution in [2.24, 2.45) is 0 Å². The van der Waals surface area contributed by atoms with E-state index in [-0.39, 0.29) is 10.8 Å². The predicted molar refractivity (Wildman–Crippen MR) is 66.7 cm³/mol. The van der Waals surface area contributed by atoms with E-state index >= 15 is 0 Å². The molecule has 0 aromatic heterocycles. The Kier molecular flexibility index (Phi) is 3.30. The molecule has 1 aliphatic heterocycles. The second-order valence-corrected chi connectivity index (χ2v) is 9.43. The number of rotatable bonds is 2. The maximum atomic E-state index is 14.1. The summed E-state index contributed by atoms with van der Waals surface area (Å²) >= 11 is 0. The van der Waals surface area contributed by atoms with Crippen molar-refractivity contribution in [3.63, 3.8) is 0 Å². The Labute approximate surface area is 110 Å². The highest BCUT2D eigenvalue weighted by molar-refractivity contribution is 6.87. The molecule has 0 N–H and O–H groups in total.